The van der Waals surface area contributed by atoms with E-state index in [9.17, 15) is 0 Å². The van der Waals surface area contributed by atoms with Crippen LogP contribution in [0.3, 0.4) is 0 Å². The van der Waals surface area contributed by atoms with Gasteiger partial charge in [0.05, 0.1) is 17.1 Å². The van der Waals surface area contributed by atoms with E-state index in [0.717, 1.165) is 107 Å². The fourth-order valence-corrected chi connectivity index (χ4v) is 8.95. The van der Waals surface area contributed by atoms with Gasteiger partial charge in [-0.1, -0.05) is 90.5 Å². The molecule has 0 radical (unpaired) electrons. The van der Waals surface area contributed by atoms with Crippen molar-refractivity contribution in [3.63, 3.8) is 0 Å². The van der Waals surface area contributed by atoms with Crippen LogP contribution < -0.4 is 56.6 Å². The smallest absolute Gasteiger partial charge is 0.260 e. The first-order valence-electron chi connectivity index (χ1n) is 17.8. The molecule has 52 heavy (non-hydrogen) atoms. The molecule has 0 aromatic heterocycles. The van der Waals surface area contributed by atoms with Crippen molar-refractivity contribution < 1.29 is 18.9 Å². The molecule has 0 saturated carbocycles. The van der Waals surface area contributed by atoms with Crippen molar-refractivity contribution in [3.8, 4) is 46.0 Å². The quantitative estimate of drug-likeness (QED) is 0.182. The second-order valence-corrected chi connectivity index (χ2v) is 14.2. The van der Waals surface area contributed by atoms with Crippen LogP contribution in [0.15, 0.2) is 133 Å². The van der Waals surface area contributed by atoms with Crippen LogP contribution in [-0.4, -0.2) is 13.4 Å². The Balaban J connectivity index is 1.16. The van der Waals surface area contributed by atoms with Crippen molar-refractivity contribution in [3.05, 3.63) is 150 Å². The van der Waals surface area contributed by atoms with Crippen LogP contribution in [0.1, 0.15) is 16.7 Å². The lowest BCUT2D eigenvalue weighted by atomic mass is 9.35. The van der Waals surface area contributed by atoms with Gasteiger partial charge < -0.3 is 23.8 Å². The van der Waals surface area contributed by atoms with Gasteiger partial charge in [0.25, 0.3) is 13.4 Å². The number of hydrogen-bond acceptors (Lipinski definition) is 5. The number of hydrogen-bond donors (Lipinski definition) is 0. The molecule has 0 saturated heterocycles. The Hall–Kier alpha value is -6.33. The lowest BCUT2D eigenvalue weighted by molar-refractivity contribution is 0.464. The molecule has 7 heteroatoms. The minimum absolute atomic E-state index is 0.00248. The lowest BCUT2D eigenvalue weighted by Crippen LogP contribution is -2.57. The molecule has 0 N–H and O–H groups in total. The van der Waals surface area contributed by atoms with Gasteiger partial charge in [-0.25, -0.2) is 0 Å². The van der Waals surface area contributed by atoms with Crippen molar-refractivity contribution in [1.29, 1.82) is 0 Å². The molecule has 11 rings (SSSR count). The molecule has 4 aliphatic heterocycles. The molecule has 0 aliphatic carbocycles. The maximum Gasteiger partial charge on any atom is 0.260 e. The summed E-state index contributed by atoms with van der Waals surface area (Å²) in [6.45, 7) is 6.50. The molecule has 5 nitrogen and oxygen atoms in total. The van der Waals surface area contributed by atoms with E-state index < -0.39 is 0 Å². The lowest BCUT2D eigenvalue weighted by Gasteiger charge is -2.37. The predicted octanol–water partition coefficient (Wildman–Crippen LogP) is 7.54. The van der Waals surface area contributed by atoms with Crippen LogP contribution in [-0.2, 0) is 0 Å². The predicted molar refractivity (Wildman–Crippen MR) is 211 cm³/mol. The van der Waals surface area contributed by atoms with Gasteiger partial charge in [-0.2, -0.15) is 0 Å². The van der Waals surface area contributed by atoms with Crippen LogP contribution >= 0.6 is 0 Å². The Kier molecular flexibility index (Phi) is 6.13. The third kappa shape index (κ3) is 4.20. The standard InChI is InChI=1S/C45H31B2NO4/c1-26-20-27(2)45(28(3)21-26)48(29-22-39-43-40(23-29)50-36-17-9-5-13-32(36)46(43)31-12-4-8-16-35(31)49-39)30-24-41-44-42(25-30)52-38-19-11-7-15-34(38)47(44)33-14-6-10-18-37(33)51-41/h4-25H,1-3H3. The van der Waals surface area contributed by atoms with Crippen molar-refractivity contribution in [2.24, 2.45) is 0 Å². The first-order valence-corrected chi connectivity index (χ1v) is 17.8. The highest BCUT2D eigenvalue weighted by Crippen LogP contribution is 2.47. The summed E-state index contributed by atoms with van der Waals surface area (Å²) in [4.78, 5) is 2.31. The van der Waals surface area contributed by atoms with Crippen LogP contribution in [0, 0.1) is 20.8 Å². The third-order valence-electron chi connectivity index (χ3n) is 10.9. The fraction of sp³-hybridized carbons (Fsp3) is 0.0667. The number of anilines is 3. The van der Waals surface area contributed by atoms with Crippen LogP contribution in [0.2, 0.25) is 0 Å². The number of fused-ring (bicyclic) bond motifs is 8. The number of para-hydroxylation sites is 4. The van der Waals surface area contributed by atoms with Crippen molar-refractivity contribution in [2.45, 2.75) is 20.8 Å². The minimum Gasteiger partial charge on any atom is -0.458 e. The molecule has 4 heterocycles. The zero-order chi connectivity index (χ0) is 34.7. The second kappa shape index (κ2) is 10.8. The summed E-state index contributed by atoms with van der Waals surface area (Å²) in [5, 5.41) is 0. The summed E-state index contributed by atoms with van der Waals surface area (Å²) in [5.74, 6) is 6.58. The molecule has 0 unspecified atom stereocenters. The summed E-state index contributed by atoms with van der Waals surface area (Å²) in [6, 6.07) is 46.5. The maximum atomic E-state index is 6.76. The summed E-state index contributed by atoms with van der Waals surface area (Å²) in [6.07, 6.45) is 0. The van der Waals surface area contributed by atoms with E-state index in [1.165, 1.54) is 5.56 Å². The highest BCUT2D eigenvalue weighted by molar-refractivity contribution is 6.99. The van der Waals surface area contributed by atoms with Gasteiger partial charge in [-0.3, -0.25) is 0 Å². The molecular formula is C45H31B2NO4. The summed E-state index contributed by atoms with van der Waals surface area (Å²) in [5.41, 5.74) is 13.1. The number of ether oxygens (including phenoxy) is 4. The monoisotopic (exact) mass is 671 g/mol. The summed E-state index contributed by atoms with van der Waals surface area (Å²) < 4.78 is 27.0. The number of rotatable bonds is 3. The van der Waals surface area contributed by atoms with Gasteiger partial charge in [-0.05, 0) is 78.0 Å². The Morgan fingerprint density at radius 2 is 0.692 bits per heavy atom. The van der Waals surface area contributed by atoms with E-state index >= 15 is 0 Å². The summed E-state index contributed by atoms with van der Waals surface area (Å²) in [7, 11) is 0. The molecule has 0 bridgehead atoms. The number of benzene rings is 7. The maximum absolute atomic E-state index is 6.76. The van der Waals surface area contributed by atoms with E-state index in [4.69, 9.17) is 18.9 Å². The van der Waals surface area contributed by atoms with Crippen LogP contribution in [0.25, 0.3) is 0 Å². The average Bonchev–Trinajstić information content (AvgIpc) is 3.15. The SMILES string of the molecule is Cc1cc(C)c(N(c2cc3c4c(c2)Oc2ccccc2B4c2ccccc2O3)c2cc3c4c(c2)Oc2ccccc2B4c2ccccc2O3)c(C)c1. The Bertz CT molecular complexity index is 2350. The van der Waals surface area contributed by atoms with E-state index in [-0.39, 0.29) is 13.4 Å². The highest BCUT2D eigenvalue weighted by atomic mass is 16.5. The van der Waals surface area contributed by atoms with Crippen molar-refractivity contribution in [1.82, 2.24) is 0 Å². The van der Waals surface area contributed by atoms with Gasteiger partial charge in [0.2, 0.25) is 0 Å². The Morgan fingerprint density at radius 3 is 1.02 bits per heavy atom. The van der Waals surface area contributed by atoms with Crippen LogP contribution in [0.5, 0.6) is 46.0 Å². The first-order chi connectivity index (χ1) is 25.5. The molecule has 0 atom stereocenters. The fourth-order valence-electron chi connectivity index (χ4n) is 8.95. The van der Waals surface area contributed by atoms with Crippen molar-refractivity contribution in [2.75, 3.05) is 4.90 Å². The van der Waals surface area contributed by atoms with Gasteiger partial charge >= 0.3 is 0 Å². The van der Waals surface area contributed by atoms with E-state index in [0.29, 0.717) is 0 Å². The zero-order valence-electron chi connectivity index (χ0n) is 28.9. The van der Waals surface area contributed by atoms with Crippen LogP contribution in [0.4, 0.5) is 17.1 Å². The van der Waals surface area contributed by atoms with Gasteiger partial charge in [0.15, 0.2) is 0 Å². The topological polar surface area (TPSA) is 40.2 Å². The molecule has 7 aromatic carbocycles. The molecule has 0 amide bonds. The third-order valence-corrected chi connectivity index (χ3v) is 10.9. The van der Waals surface area contributed by atoms with E-state index in [2.05, 4.69) is 135 Å². The Labute approximate surface area is 303 Å². The number of aryl methyl sites for hydroxylation is 3. The molecule has 0 spiro atoms. The molecule has 246 valence electrons. The normalized spacial score (nSPS) is 13.4. The number of nitrogens with zero attached hydrogens (tertiary/aromatic N) is 1. The molecule has 0 fully saturated rings. The van der Waals surface area contributed by atoms with E-state index in [1.807, 2.05) is 24.3 Å². The zero-order valence-corrected chi connectivity index (χ0v) is 28.9. The minimum atomic E-state index is -0.00248. The van der Waals surface area contributed by atoms with Gasteiger partial charge in [-0.15, -0.1) is 0 Å². The molecular weight excluding hydrogens is 640 g/mol. The van der Waals surface area contributed by atoms with Crippen molar-refractivity contribution >= 4 is 63.3 Å². The van der Waals surface area contributed by atoms with Gasteiger partial charge in [0.1, 0.15) is 46.0 Å². The molecule has 4 aliphatic rings. The Morgan fingerprint density at radius 1 is 0.385 bits per heavy atom. The van der Waals surface area contributed by atoms with E-state index in [1.54, 1.807) is 0 Å². The second-order valence-electron chi connectivity index (χ2n) is 14.2. The average molecular weight is 671 g/mol. The highest BCUT2D eigenvalue weighted by Gasteiger charge is 2.42. The first kappa shape index (κ1) is 29.4. The largest absolute Gasteiger partial charge is 0.458 e. The summed E-state index contributed by atoms with van der Waals surface area (Å²) >= 11 is 0. The van der Waals surface area contributed by atoms with Gasteiger partial charge in [0, 0.05) is 35.2 Å². The molecule has 7 aromatic rings.